The van der Waals surface area contributed by atoms with Gasteiger partial charge >= 0.3 is 0 Å². The molecule has 4 heteroatoms. The summed E-state index contributed by atoms with van der Waals surface area (Å²) in [5, 5.41) is 6.94. The van der Waals surface area contributed by atoms with Crippen molar-refractivity contribution >= 4 is 73.0 Å². The van der Waals surface area contributed by atoms with Crippen molar-refractivity contribution in [3.63, 3.8) is 0 Å². The van der Waals surface area contributed by atoms with Gasteiger partial charge in [0.25, 0.3) is 0 Å². The first-order chi connectivity index (χ1) is 24.2. The van der Waals surface area contributed by atoms with Gasteiger partial charge in [0.1, 0.15) is 17.8 Å². The molecule has 0 saturated carbocycles. The molecule has 4 aliphatic rings. The van der Waals surface area contributed by atoms with Crippen LogP contribution in [0.1, 0.15) is 17.5 Å². The Bertz CT molecular complexity index is 2790. The van der Waals surface area contributed by atoms with Crippen LogP contribution in [0.3, 0.4) is 0 Å². The normalized spacial score (nSPS) is 20.1. The van der Waals surface area contributed by atoms with Gasteiger partial charge in [-0.15, -0.1) is 0 Å². The maximum atomic E-state index is 6.49. The Morgan fingerprint density at radius 3 is 2.57 bits per heavy atom. The van der Waals surface area contributed by atoms with Crippen LogP contribution in [-0.4, -0.2) is 17.0 Å². The Morgan fingerprint density at radius 2 is 1.63 bits per heavy atom. The average molecular weight is 630 g/mol. The Hall–Kier alpha value is -6.26. The molecule has 49 heavy (non-hydrogen) atoms. The van der Waals surface area contributed by atoms with Gasteiger partial charge in [-0.25, -0.2) is 0 Å². The maximum absolute atomic E-state index is 6.49. The highest BCUT2D eigenvalue weighted by Gasteiger charge is 2.25. The van der Waals surface area contributed by atoms with Gasteiger partial charge in [0.05, 0.1) is 22.4 Å². The Balaban J connectivity index is 1.20. The molecule has 5 aromatic carbocycles. The lowest BCUT2D eigenvalue weighted by Crippen LogP contribution is -2.15. The van der Waals surface area contributed by atoms with Crippen molar-refractivity contribution in [2.75, 3.05) is 0 Å². The van der Waals surface area contributed by atoms with Gasteiger partial charge in [-0.3, -0.25) is 9.98 Å². The van der Waals surface area contributed by atoms with Gasteiger partial charge in [-0.2, -0.15) is 0 Å². The molecule has 1 unspecified atom stereocenters. The van der Waals surface area contributed by atoms with E-state index < -0.39 is 0 Å². The van der Waals surface area contributed by atoms with Crippen LogP contribution >= 0.6 is 0 Å². The fraction of sp³-hybridized carbons (Fsp3) is 0.0667. The molecule has 0 aliphatic heterocycles. The minimum Gasteiger partial charge on any atom is -0.455 e. The minimum atomic E-state index is 0.326. The lowest BCUT2D eigenvalue weighted by atomic mass is 9.83. The van der Waals surface area contributed by atoms with Gasteiger partial charge in [0, 0.05) is 43.6 Å². The largest absolute Gasteiger partial charge is 0.455 e. The van der Waals surface area contributed by atoms with Crippen LogP contribution in [0.25, 0.3) is 60.6 Å². The predicted molar refractivity (Wildman–Crippen MR) is 205 cm³/mol. The van der Waals surface area contributed by atoms with Crippen molar-refractivity contribution in [3.05, 3.63) is 173 Å². The number of para-hydroxylation sites is 2. The third-order valence-corrected chi connectivity index (χ3v) is 10.2. The number of rotatable bonds is 4. The maximum Gasteiger partial charge on any atom is 0.143 e. The van der Waals surface area contributed by atoms with E-state index in [1.54, 1.807) is 0 Å². The summed E-state index contributed by atoms with van der Waals surface area (Å²) in [5.74, 6) is 0.326. The molecule has 0 saturated heterocycles. The second kappa shape index (κ2) is 10.9. The molecule has 0 N–H and O–H groups in total. The van der Waals surface area contributed by atoms with Gasteiger partial charge in [-0.1, -0.05) is 109 Å². The second-order valence-corrected chi connectivity index (χ2v) is 12.9. The molecular formula is C45H31N3O. The highest BCUT2D eigenvalue weighted by atomic mass is 16.3. The van der Waals surface area contributed by atoms with E-state index in [0.29, 0.717) is 12.6 Å². The van der Waals surface area contributed by atoms with E-state index in [-0.39, 0.29) is 0 Å². The monoisotopic (exact) mass is 629 g/mol. The smallest absolute Gasteiger partial charge is 0.143 e. The zero-order chi connectivity index (χ0) is 32.5. The van der Waals surface area contributed by atoms with Crippen molar-refractivity contribution in [3.8, 4) is 0 Å². The summed E-state index contributed by atoms with van der Waals surface area (Å²) in [7, 11) is 0. The van der Waals surface area contributed by atoms with E-state index in [1.165, 1.54) is 16.3 Å². The molecule has 0 fully saturated rings. The van der Waals surface area contributed by atoms with Crippen LogP contribution in [-0.2, 0) is 6.67 Å². The molecule has 2 aromatic heterocycles. The molecule has 1 atom stereocenters. The van der Waals surface area contributed by atoms with Crippen molar-refractivity contribution in [2.45, 2.75) is 13.1 Å². The van der Waals surface area contributed by atoms with E-state index in [4.69, 9.17) is 9.41 Å². The number of aromatic nitrogens is 1. The summed E-state index contributed by atoms with van der Waals surface area (Å²) in [6.07, 6.45) is 18.6. The lowest BCUT2D eigenvalue weighted by molar-refractivity contribution is 0.672. The zero-order valence-electron chi connectivity index (χ0n) is 26.8. The Labute approximate surface area is 283 Å². The predicted octanol–water partition coefficient (Wildman–Crippen LogP) is 11.3. The van der Waals surface area contributed by atoms with Crippen molar-refractivity contribution < 1.29 is 4.42 Å². The van der Waals surface area contributed by atoms with Crippen molar-refractivity contribution in [2.24, 2.45) is 15.9 Å². The van der Waals surface area contributed by atoms with E-state index in [1.807, 2.05) is 12.1 Å². The van der Waals surface area contributed by atoms with Crippen LogP contribution in [0, 0.1) is 5.92 Å². The van der Waals surface area contributed by atoms with E-state index in [2.05, 4.69) is 150 Å². The second-order valence-electron chi connectivity index (χ2n) is 12.9. The summed E-state index contributed by atoms with van der Waals surface area (Å²) in [5.41, 5.74) is 11.4. The van der Waals surface area contributed by atoms with Gasteiger partial charge in [0.2, 0.25) is 0 Å². The molecule has 7 aromatic rings. The van der Waals surface area contributed by atoms with E-state index in [9.17, 15) is 0 Å². The number of hydrogen-bond acceptors (Lipinski definition) is 3. The molecule has 0 radical (unpaired) electrons. The quantitative estimate of drug-likeness (QED) is 0.179. The van der Waals surface area contributed by atoms with Crippen molar-refractivity contribution in [1.29, 1.82) is 0 Å². The number of allylic oxidation sites excluding steroid dienone is 9. The molecule has 4 nitrogen and oxygen atoms in total. The van der Waals surface area contributed by atoms with Crippen LogP contribution in [0.15, 0.2) is 176 Å². The summed E-state index contributed by atoms with van der Waals surface area (Å²) in [4.78, 5) is 10.2. The summed E-state index contributed by atoms with van der Waals surface area (Å²) < 4.78 is 8.82. The van der Waals surface area contributed by atoms with E-state index in [0.717, 1.165) is 83.8 Å². The average Bonchev–Trinajstić information content (AvgIpc) is 3.66. The Morgan fingerprint density at radius 1 is 0.776 bits per heavy atom. The summed E-state index contributed by atoms with van der Waals surface area (Å²) in [6.45, 7) is 4.51. The number of fused-ring (bicyclic) bond motifs is 11. The third-order valence-electron chi connectivity index (χ3n) is 10.2. The number of benzene rings is 5. The molecule has 4 aliphatic carbocycles. The van der Waals surface area contributed by atoms with Gasteiger partial charge in [-0.05, 0) is 72.0 Å². The number of hydrogen-bond donors (Lipinski definition) is 0. The molecule has 2 bridgehead atoms. The van der Waals surface area contributed by atoms with Crippen LogP contribution < -0.4 is 0 Å². The van der Waals surface area contributed by atoms with Crippen LogP contribution in [0.5, 0.6) is 0 Å². The first-order valence-corrected chi connectivity index (χ1v) is 16.8. The molecule has 2 heterocycles. The van der Waals surface area contributed by atoms with Gasteiger partial charge in [0.15, 0.2) is 0 Å². The summed E-state index contributed by atoms with van der Waals surface area (Å²) in [6, 6.07) is 34.4. The van der Waals surface area contributed by atoms with Crippen molar-refractivity contribution in [1.82, 2.24) is 4.57 Å². The van der Waals surface area contributed by atoms with Crippen LogP contribution in [0.2, 0.25) is 0 Å². The van der Waals surface area contributed by atoms with E-state index >= 15 is 0 Å². The number of aliphatic imine (C=N–C) groups is 2. The fourth-order valence-electron chi connectivity index (χ4n) is 7.90. The third kappa shape index (κ3) is 4.31. The highest BCUT2D eigenvalue weighted by Crippen LogP contribution is 2.40. The standard InChI is InChI=1S/C45H31N3O/c1-46-43(37-24-28-10-2-3-12-30(37)19-18-28)36-23-20-29-11-4-5-13-32(29)44(36)47-27-48-40-16-8-6-14-33(40)39-25-31-21-22-35-34-15-7-9-17-42(34)49-45(35)38(31)26-41(39)48/h2-17,19-26,28H,1,18,27H2/b10-2-,12-3-,43-36-,47-44-. The first kappa shape index (κ1) is 27.8. The first-order valence-electron chi connectivity index (χ1n) is 16.8. The summed E-state index contributed by atoms with van der Waals surface area (Å²) >= 11 is 0. The number of nitrogens with zero attached hydrogens (tertiary/aromatic N) is 3. The fourth-order valence-corrected chi connectivity index (χ4v) is 7.90. The molecule has 232 valence electrons. The topological polar surface area (TPSA) is 42.8 Å². The Kier molecular flexibility index (Phi) is 6.18. The molecule has 0 spiro atoms. The van der Waals surface area contributed by atoms with Gasteiger partial charge < -0.3 is 8.98 Å². The number of furan rings is 1. The van der Waals surface area contributed by atoms with Crippen LogP contribution in [0.4, 0.5) is 0 Å². The lowest BCUT2D eigenvalue weighted by Gasteiger charge is -2.24. The zero-order valence-corrected chi connectivity index (χ0v) is 26.8. The minimum absolute atomic E-state index is 0.326. The highest BCUT2D eigenvalue weighted by molar-refractivity contribution is 6.21. The molecule has 0 amide bonds. The SMILES string of the molecule is C=N/C(C1=CC2/C=C\C=C/C1=CC2)=C1/C=Cc2ccccc2/C1=N/Cn1c2ccccc2c2cc3ccc4c5ccccc5oc4c3cc21. The molecule has 11 rings (SSSR count). The molecular weight excluding hydrogens is 599 g/mol.